The molecule has 5 nitrogen and oxygen atoms in total. The van der Waals surface area contributed by atoms with Crippen molar-refractivity contribution >= 4 is 14.3 Å². The fourth-order valence-electron chi connectivity index (χ4n) is 1.35. The van der Waals surface area contributed by atoms with Crippen molar-refractivity contribution in [3.63, 3.8) is 0 Å². The summed E-state index contributed by atoms with van der Waals surface area (Å²) in [5, 5.41) is 0.0252. The van der Waals surface area contributed by atoms with Crippen LogP contribution in [0.15, 0.2) is 0 Å². The van der Waals surface area contributed by atoms with E-state index in [0.717, 1.165) is 0 Å². The third-order valence-corrected chi connectivity index (χ3v) is 8.13. The molecular formula is C14H30O5Si. The minimum atomic E-state index is -2.05. The van der Waals surface area contributed by atoms with Crippen molar-refractivity contribution in [1.82, 2.24) is 0 Å². The third-order valence-electron chi connectivity index (χ3n) is 3.64. The Kier molecular flexibility index (Phi) is 7.94. The minimum Gasteiger partial charge on any atom is -0.467 e. The number of carbonyl (C=O) groups excluding carboxylic acids is 1. The standard InChI is InChI=1S/C14H30O5Si/c1-11(9-16-5)18-10-12(13(15)17-6)19-20(7,8)14(2,3)4/h11-12H,9-10H2,1-8H3/t11-,12?/m1/s1. The SMILES string of the molecule is COC[C@@H](C)OCC(O[Si](C)(C)C(C)(C)C)C(=O)OC. The molecule has 0 aliphatic rings. The van der Waals surface area contributed by atoms with Gasteiger partial charge in [0.15, 0.2) is 14.4 Å². The molecule has 1 unspecified atom stereocenters. The van der Waals surface area contributed by atoms with Crippen LogP contribution in [-0.2, 0) is 23.4 Å². The summed E-state index contributed by atoms with van der Waals surface area (Å²) < 4.78 is 21.5. The van der Waals surface area contributed by atoms with Gasteiger partial charge in [-0.1, -0.05) is 20.8 Å². The van der Waals surface area contributed by atoms with Crippen LogP contribution >= 0.6 is 0 Å². The molecule has 0 spiro atoms. The fraction of sp³-hybridized carbons (Fsp3) is 0.929. The van der Waals surface area contributed by atoms with Gasteiger partial charge in [-0.25, -0.2) is 4.79 Å². The van der Waals surface area contributed by atoms with Crippen LogP contribution in [0, 0.1) is 0 Å². The van der Waals surface area contributed by atoms with Gasteiger partial charge in [0.25, 0.3) is 0 Å². The molecule has 0 rings (SSSR count). The van der Waals surface area contributed by atoms with Gasteiger partial charge >= 0.3 is 5.97 Å². The van der Waals surface area contributed by atoms with E-state index in [9.17, 15) is 4.79 Å². The van der Waals surface area contributed by atoms with E-state index in [0.29, 0.717) is 6.61 Å². The lowest BCUT2D eigenvalue weighted by Crippen LogP contribution is -2.48. The van der Waals surface area contributed by atoms with E-state index in [-0.39, 0.29) is 23.7 Å². The molecule has 2 atom stereocenters. The van der Waals surface area contributed by atoms with Gasteiger partial charge in [-0.2, -0.15) is 0 Å². The Morgan fingerprint density at radius 1 is 1.15 bits per heavy atom. The molecule has 0 aromatic carbocycles. The summed E-state index contributed by atoms with van der Waals surface area (Å²) in [6.07, 6.45) is -0.768. The maximum atomic E-state index is 11.9. The number of hydrogen-bond acceptors (Lipinski definition) is 5. The molecule has 0 radical (unpaired) electrons. The summed E-state index contributed by atoms with van der Waals surface area (Å²) in [7, 11) is 0.929. The van der Waals surface area contributed by atoms with Crippen molar-refractivity contribution < 1.29 is 23.4 Å². The van der Waals surface area contributed by atoms with Crippen molar-refractivity contribution in [2.45, 2.75) is 58.0 Å². The predicted molar refractivity (Wildman–Crippen MR) is 81.4 cm³/mol. The first-order valence-electron chi connectivity index (χ1n) is 6.91. The number of carbonyl (C=O) groups is 1. The maximum Gasteiger partial charge on any atom is 0.336 e. The molecule has 6 heteroatoms. The predicted octanol–water partition coefficient (Wildman–Crippen LogP) is 2.60. The van der Waals surface area contributed by atoms with Crippen molar-refractivity contribution in [1.29, 1.82) is 0 Å². The van der Waals surface area contributed by atoms with E-state index in [4.69, 9.17) is 18.6 Å². The van der Waals surface area contributed by atoms with Gasteiger partial charge in [0.1, 0.15) is 0 Å². The largest absolute Gasteiger partial charge is 0.467 e. The van der Waals surface area contributed by atoms with E-state index in [2.05, 4.69) is 33.9 Å². The van der Waals surface area contributed by atoms with Gasteiger partial charge in [-0.05, 0) is 25.1 Å². The van der Waals surface area contributed by atoms with E-state index in [1.807, 2.05) is 6.92 Å². The number of hydrogen-bond donors (Lipinski definition) is 0. The van der Waals surface area contributed by atoms with Gasteiger partial charge in [0, 0.05) is 7.11 Å². The normalized spacial score (nSPS) is 15.8. The summed E-state index contributed by atoms with van der Waals surface area (Å²) in [5.41, 5.74) is 0. The van der Waals surface area contributed by atoms with Crippen LogP contribution in [0.2, 0.25) is 18.1 Å². The van der Waals surface area contributed by atoms with Gasteiger partial charge in [-0.3, -0.25) is 0 Å². The smallest absolute Gasteiger partial charge is 0.336 e. The Morgan fingerprint density at radius 2 is 1.70 bits per heavy atom. The van der Waals surface area contributed by atoms with Crippen molar-refractivity contribution in [2.75, 3.05) is 27.4 Å². The van der Waals surface area contributed by atoms with Crippen LogP contribution in [-0.4, -0.2) is 53.9 Å². The maximum absolute atomic E-state index is 11.9. The second kappa shape index (κ2) is 8.12. The molecule has 0 saturated carbocycles. The number of methoxy groups -OCH3 is 2. The highest BCUT2D eigenvalue weighted by molar-refractivity contribution is 6.74. The number of esters is 1. The average Bonchev–Trinajstić information content (AvgIpc) is 2.32. The van der Waals surface area contributed by atoms with Gasteiger partial charge < -0.3 is 18.6 Å². The molecule has 0 saturated heterocycles. The molecule has 0 heterocycles. The summed E-state index contributed by atoms with van der Waals surface area (Å²) in [5.74, 6) is -0.389. The quantitative estimate of drug-likeness (QED) is 0.509. The van der Waals surface area contributed by atoms with Crippen LogP contribution in [0.3, 0.4) is 0 Å². The number of rotatable bonds is 8. The Balaban J connectivity index is 4.70. The van der Waals surface area contributed by atoms with Crippen LogP contribution in [0.4, 0.5) is 0 Å². The van der Waals surface area contributed by atoms with Crippen LogP contribution in [0.5, 0.6) is 0 Å². The highest BCUT2D eigenvalue weighted by Crippen LogP contribution is 2.37. The molecule has 0 aliphatic heterocycles. The summed E-state index contributed by atoms with van der Waals surface area (Å²) in [6, 6.07) is 0. The van der Waals surface area contributed by atoms with Crippen LogP contribution in [0.1, 0.15) is 27.7 Å². The minimum absolute atomic E-state index is 0.0252. The third kappa shape index (κ3) is 6.34. The van der Waals surface area contributed by atoms with E-state index < -0.39 is 14.4 Å². The van der Waals surface area contributed by atoms with Crippen molar-refractivity contribution in [2.24, 2.45) is 0 Å². The van der Waals surface area contributed by atoms with Crippen molar-refractivity contribution in [3.05, 3.63) is 0 Å². The van der Waals surface area contributed by atoms with E-state index >= 15 is 0 Å². The summed E-state index contributed by atoms with van der Waals surface area (Å²) in [6.45, 7) is 13.1. The lowest BCUT2D eigenvalue weighted by atomic mass is 10.2. The first-order chi connectivity index (χ1) is 9.05. The second-order valence-electron chi connectivity index (χ2n) is 6.49. The topological polar surface area (TPSA) is 54.0 Å². The molecule has 0 aliphatic carbocycles. The van der Waals surface area contributed by atoms with Crippen LogP contribution in [0.25, 0.3) is 0 Å². The summed E-state index contributed by atoms with van der Waals surface area (Å²) in [4.78, 5) is 11.9. The second-order valence-corrected chi connectivity index (χ2v) is 11.2. The monoisotopic (exact) mass is 306 g/mol. The molecule has 0 N–H and O–H groups in total. The molecule has 0 aromatic heterocycles. The highest BCUT2D eigenvalue weighted by Gasteiger charge is 2.41. The first-order valence-corrected chi connectivity index (χ1v) is 9.82. The molecular weight excluding hydrogens is 276 g/mol. The molecule has 0 fully saturated rings. The highest BCUT2D eigenvalue weighted by atomic mass is 28.4. The average molecular weight is 306 g/mol. The van der Waals surface area contributed by atoms with Gasteiger partial charge in [0.05, 0.1) is 26.4 Å². The Hall–Kier alpha value is -0.433. The molecule has 0 aromatic rings. The molecule has 120 valence electrons. The molecule has 20 heavy (non-hydrogen) atoms. The Labute approximate surface area is 124 Å². The zero-order valence-electron chi connectivity index (χ0n) is 14.1. The lowest BCUT2D eigenvalue weighted by molar-refractivity contribution is -0.154. The van der Waals surface area contributed by atoms with E-state index in [1.54, 1.807) is 7.11 Å². The zero-order valence-corrected chi connectivity index (χ0v) is 15.1. The Bertz CT molecular complexity index is 298. The van der Waals surface area contributed by atoms with Crippen molar-refractivity contribution in [3.8, 4) is 0 Å². The van der Waals surface area contributed by atoms with Gasteiger partial charge in [0.2, 0.25) is 0 Å². The molecule has 0 amide bonds. The number of ether oxygens (including phenoxy) is 3. The Morgan fingerprint density at radius 3 is 2.10 bits per heavy atom. The fourth-order valence-corrected chi connectivity index (χ4v) is 2.58. The van der Waals surface area contributed by atoms with Gasteiger partial charge in [-0.15, -0.1) is 0 Å². The van der Waals surface area contributed by atoms with E-state index in [1.165, 1.54) is 7.11 Å². The lowest BCUT2D eigenvalue weighted by Gasteiger charge is -2.38. The van der Waals surface area contributed by atoms with Crippen LogP contribution < -0.4 is 0 Å². The summed E-state index contributed by atoms with van der Waals surface area (Å²) >= 11 is 0. The molecule has 0 bridgehead atoms. The zero-order chi connectivity index (χ0) is 16.0. The first kappa shape index (κ1) is 19.6.